The minimum Gasteiger partial charge on any atom is -0.385 e. The van der Waals surface area contributed by atoms with Crippen molar-refractivity contribution in [1.82, 2.24) is 4.90 Å². The van der Waals surface area contributed by atoms with Crippen LogP contribution in [0.4, 0.5) is 0 Å². The van der Waals surface area contributed by atoms with Crippen molar-refractivity contribution in [3.63, 3.8) is 0 Å². The Bertz CT molecular complexity index is 200. The zero-order valence-electron chi connectivity index (χ0n) is 10.7. The topological polar surface area (TPSA) is 29.5 Å². The van der Waals surface area contributed by atoms with Crippen molar-refractivity contribution in [2.75, 3.05) is 20.3 Å². The third-order valence-corrected chi connectivity index (χ3v) is 3.42. The van der Waals surface area contributed by atoms with Crippen LogP contribution in [0.25, 0.3) is 0 Å². The first kappa shape index (κ1) is 13.5. The largest absolute Gasteiger partial charge is 0.385 e. The molecular weight excluding hydrogens is 202 g/mol. The van der Waals surface area contributed by atoms with Gasteiger partial charge in [-0.05, 0) is 26.2 Å². The fourth-order valence-electron chi connectivity index (χ4n) is 2.54. The third kappa shape index (κ3) is 4.12. The minimum absolute atomic E-state index is 0.312. The summed E-state index contributed by atoms with van der Waals surface area (Å²) in [6, 6.07) is 0.508. The molecule has 0 N–H and O–H groups in total. The Balaban J connectivity index is 2.35. The first-order valence-electron chi connectivity index (χ1n) is 6.58. The number of methoxy groups -OCH3 is 1. The average Bonchev–Trinajstić information content (AvgIpc) is 2.32. The van der Waals surface area contributed by atoms with Crippen molar-refractivity contribution in [2.24, 2.45) is 0 Å². The molecule has 0 aliphatic heterocycles. The van der Waals surface area contributed by atoms with Crippen LogP contribution >= 0.6 is 0 Å². The summed E-state index contributed by atoms with van der Waals surface area (Å²) in [5.74, 6) is 0.312. The van der Waals surface area contributed by atoms with E-state index in [9.17, 15) is 4.79 Å². The van der Waals surface area contributed by atoms with Crippen molar-refractivity contribution in [3.8, 4) is 0 Å². The molecule has 1 saturated carbocycles. The summed E-state index contributed by atoms with van der Waals surface area (Å²) in [6.45, 7) is 3.63. The van der Waals surface area contributed by atoms with Gasteiger partial charge < -0.3 is 9.64 Å². The van der Waals surface area contributed by atoms with Crippen LogP contribution in [-0.2, 0) is 9.53 Å². The van der Waals surface area contributed by atoms with Crippen LogP contribution in [0, 0.1) is 0 Å². The lowest BCUT2D eigenvalue weighted by atomic mass is 9.94. The maximum absolute atomic E-state index is 12.0. The number of hydrogen-bond donors (Lipinski definition) is 0. The van der Waals surface area contributed by atoms with Crippen molar-refractivity contribution in [1.29, 1.82) is 0 Å². The zero-order valence-corrected chi connectivity index (χ0v) is 10.7. The van der Waals surface area contributed by atoms with Crippen LogP contribution in [0.3, 0.4) is 0 Å². The molecule has 0 aromatic carbocycles. The van der Waals surface area contributed by atoms with Gasteiger partial charge >= 0.3 is 0 Å². The van der Waals surface area contributed by atoms with Gasteiger partial charge in [0.25, 0.3) is 0 Å². The second kappa shape index (κ2) is 7.66. The summed E-state index contributed by atoms with van der Waals surface area (Å²) in [5, 5.41) is 0. The molecule has 0 aromatic rings. The van der Waals surface area contributed by atoms with E-state index in [4.69, 9.17) is 4.74 Å². The van der Waals surface area contributed by atoms with Crippen LogP contribution in [0.1, 0.15) is 51.9 Å². The Hall–Kier alpha value is -0.570. The van der Waals surface area contributed by atoms with Crippen molar-refractivity contribution in [2.45, 2.75) is 57.9 Å². The van der Waals surface area contributed by atoms with E-state index in [1.807, 2.05) is 0 Å². The lowest BCUT2D eigenvalue weighted by Gasteiger charge is -2.33. The molecule has 3 heteroatoms. The Kier molecular flexibility index (Phi) is 6.46. The molecule has 0 atom stereocenters. The molecule has 94 valence electrons. The highest BCUT2D eigenvalue weighted by molar-refractivity contribution is 5.76. The van der Waals surface area contributed by atoms with E-state index in [1.165, 1.54) is 32.1 Å². The van der Waals surface area contributed by atoms with Crippen LogP contribution in [0.5, 0.6) is 0 Å². The van der Waals surface area contributed by atoms with Gasteiger partial charge in [-0.15, -0.1) is 0 Å². The number of carbonyl (C=O) groups excluding carboxylic acids is 1. The molecule has 1 aliphatic rings. The first-order chi connectivity index (χ1) is 7.79. The fraction of sp³-hybridized carbons (Fsp3) is 0.923. The van der Waals surface area contributed by atoms with E-state index < -0.39 is 0 Å². The smallest absolute Gasteiger partial charge is 0.222 e. The van der Waals surface area contributed by atoms with E-state index in [0.29, 0.717) is 25.0 Å². The maximum Gasteiger partial charge on any atom is 0.222 e. The lowest BCUT2D eigenvalue weighted by Crippen LogP contribution is -2.41. The van der Waals surface area contributed by atoms with Gasteiger partial charge in [0.15, 0.2) is 0 Å². The summed E-state index contributed by atoms with van der Waals surface area (Å²) in [6.07, 6.45) is 7.79. The SMILES string of the molecule is CCN(C(=O)CCCOC)C1CCCCC1. The second-order valence-electron chi connectivity index (χ2n) is 4.57. The molecule has 0 radical (unpaired) electrons. The van der Waals surface area contributed by atoms with Gasteiger partial charge in [-0.1, -0.05) is 19.3 Å². The summed E-state index contributed by atoms with van der Waals surface area (Å²) in [4.78, 5) is 14.1. The first-order valence-corrected chi connectivity index (χ1v) is 6.58. The van der Waals surface area contributed by atoms with Gasteiger partial charge in [0, 0.05) is 32.7 Å². The normalized spacial score (nSPS) is 17.4. The quantitative estimate of drug-likeness (QED) is 0.653. The van der Waals surface area contributed by atoms with Gasteiger partial charge in [0.05, 0.1) is 0 Å². The second-order valence-corrected chi connectivity index (χ2v) is 4.57. The molecule has 0 saturated heterocycles. The molecule has 0 heterocycles. The van der Waals surface area contributed by atoms with E-state index >= 15 is 0 Å². The highest BCUT2D eigenvalue weighted by atomic mass is 16.5. The van der Waals surface area contributed by atoms with E-state index in [2.05, 4.69) is 11.8 Å². The summed E-state index contributed by atoms with van der Waals surface area (Å²) in [7, 11) is 1.68. The fourth-order valence-corrected chi connectivity index (χ4v) is 2.54. The molecule has 16 heavy (non-hydrogen) atoms. The number of carbonyl (C=O) groups is 1. The Morgan fingerprint density at radius 1 is 1.31 bits per heavy atom. The van der Waals surface area contributed by atoms with E-state index in [0.717, 1.165) is 13.0 Å². The van der Waals surface area contributed by atoms with Crippen molar-refractivity contribution < 1.29 is 9.53 Å². The average molecular weight is 227 g/mol. The number of amides is 1. The van der Waals surface area contributed by atoms with Gasteiger partial charge in [-0.3, -0.25) is 4.79 Å². The summed E-state index contributed by atoms with van der Waals surface area (Å²) < 4.78 is 4.98. The predicted molar refractivity (Wildman–Crippen MR) is 65.4 cm³/mol. The molecule has 0 spiro atoms. The van der Waals surface area contributed by atoms with E-state index in [1.54, 1.807) is 7.11 Å². The molecule has 0 bridgehead atoms. The maximum atomic E-state index is 12.0. The van der Waals surface area contributed by atoms with Gasteiger partial charge in [-0.2, -0.15) is 0 Å². The molecule has 1 fully saturated rings. The van der Waals surface area contributed by atoms with Crippen molar-refractivity contribution >= 4 is 5.91 Å². The number of ether oxygens (including phenoxy) is 1. The zero-order chi connectivity index (χ0) is 11.8. The Morgan fingerprint density at radius 2 is 2.00 bits per heavy atom. The Morgan fingerprint density at radius 3 is 2.56 bits per heavy atom. The standard InChI is InChI=1S/C13H25NO2/c1-3-14(12-8-5-4-6-9-12)13(15)10-7-11-16-2/h12H,3-11H2,1-2H3. The van der Waals surface area contributed by atoms with Gasteiger partial charge in [0.1, 0.15) is 0 Å². The molecule has 1 aliphatic carbocycles. The number of hydrogen-bond acceptors (Lipinski definition) is 2. The van der Waals surface area contributed by atoms with Crippen LogP contribution in [0.2, 0.25) is 0 Å². The molecule has 0 unspecified atom stereocenters. The van der Waals surface area contributed by atoms with E-state index in [-0.39, 0.29) is 0 Å². The molecule has 1 rings (SSSR count). The number of nitrogens with zero attached hydrogens (tertiary/aromatic N) is 1. The minimum atomic E-state index is 0.312. The van der Waals surface area contributed by atoms with Crippen molar-refractivity contribution in [3.05, 3.63) is 0 Å². The van der Waals surface area contributed by atoms with Gasteiger partial charge in [-0.25, -0.2) is 0 Å². The predicted octanol–water partition coefficient (Wildman–Crippen LogP) is 2.59. The highest BCUT2D eigenvalue weighted by Crippen LogP contribution is 2.23. The third-order valence-electron chi connectivity index (χ3n) is 3.42. The molecule has 3 nitrogen and oxygen atoms in total. The summed E-state index contributed by atoms with van der Waals surface area (Å²) >= 11 is 0. The Labute approximate surface area is 99.1 Å². The highest BCUT2D eigenvalue weighted by Gasteiger charge is 2.23. The molecule has 0 aromatic heterocycles. The van der Waals surface area contributed by atoms with Crippen LogP contribution in [0.15, 0.2) is 0 Å². The summed E-state index contributed by atoms with van der Waals surface area (Å²) in [5.41, 5.74) is 0. The lowest BCUT2D eigenvalue weighted by molar-refractivity contribution is -0.134. The number of rotatable bonds is 6. The molecular formula is C13H25NO2. The monoisotopic (exact) mass is 227 g/mol. The van der Waals surface area contributed by atoms with Crippen LogP contribution < -0.4 is 0 Å². The van der Waals surface area contributed by atoms with Crippen LogP contribution in [-0.4, -0.2) is 37.1 Å². The van der Waals surface area contributed by atoms with Gasteiger partial charge in [0.2, 0.25) is 5.91 Å². The molecule has 1 amide bonds.